The quantitative estimate of drug-likeness (QED) is 0.744. The number of rotatable bonds is 7. The van der Waals surface area contributed by atoms with Crippen LogP contribution in [0.5, 0.6) is 5.75 Å². The Morgan fingerprint density at radius 3 is 2.22 bits per heavy atom. The maximum absolute atomic E-state index is 6.12. The number of ether oxygens (including phenoxy) is 1. The third-order valence-corrected chi connectivity index (χ3v) is 3.00. The van der Waals surface area contributed by atoms with Crippen LogP contribution in [0.3, 0.4) is 0 Å². The van der Waals surface area contributed by atoms with Crippen LogP contribution in [-0.2, 0) is 0 Å². The molecular weight excluding hydrogens is 222 g/mol. The average molecular weight is 249 g/mol. The van der Waals surface area contributed by atoms with Crippen LogP contribution in [-0.4, -0.2) is 19.2 Å². The first kappa shape index (κ1) is 15.0. The highest BCUT2D eigenvalue weighted by Crippen LogP contribution is 2.19. The Morgan fingerprint density at radius 1 is 1.11 bits per heavy atom. The van der Waals surface area contributed by atoms with Crippen LogP contribution in [0.4, 0.5) is 0 Å². The second-order valence-electron chi connectivity index (χ2n) is 5.43. The summed E-state index contributed by atoms with van der Waals surface area (Å²) in [6.07, 6.45) is 1.40. The maximum atomic E-state index is 6.12. The Bertz CT molecular complexity index is 340. The van der Waals surface area contributed by atoms with Gasteiger partial charge in [-0.25, -0.2) is 0 Å². The fourth-order valence-corrected chi connectivity index (χ4v) is 2.01. The van der Waals surface area contributed by atoms with Crippen LogP contribution in [0, 0.1) is 19.8 Å². The molecule has 0 aliphatic heterocycles. The summed E-state index contributed by atoms with van der Waals surface area (Å²) in [4.78, 5) is 0. The number of hydrogen-bond donors (Lipinski definition) is 1. The van der Waals surface area contributed by atoms with Crippen molar-refractivity contribution in [3.63, 3.8) is 0 Å². The summed E-state index contributed by atoms with van der Waals surface area (Å²) < 4.78 is 6.12. The van der Waals surface area contributed by atoms with E-state index in [0.29, 0.717) is 5.92 Å². The molecule has 1 aromatic carbocycles. The van der Waals surface area contributed by atoms with Crippen LogP contribution in [0.25, 0.3) is 0 Å². The predicted molar refractivity (Wildman–Crippen MR) is 78.3 cm³/mol. The van der Waals surface area contributed by atoms with Crippen molar-refractivity contribution in [2.45, 2.75) is 47.1 Å². The molecule has 0 bridgehead atoms. The average Bonchev–Trinajstić information content (AvgIpc) is 2.26. The molecule has 0 fully saturated rings. The molecule has 0 saturated carbocycles. The lowest BCUT2D eigenvalue weighted by molar-refractivity contribution is 0.149. The zero-order valence-corrected chi connectivity index (χ0v) is 12.4. The lowest BCUT2D eigenvalue weighted by Gasteiger charge is -2.23. The standard InChI is InChI=1S/C16H27NO/c1-6-7-17-11-16(12(2)3)18-15-9-13(4)8-14(5)10-15/h8-10,12,16-17H,6-7,11H2,1-5H3. The summed E-state index contributed by atoms with van der Waals surface area (Å²) in [6, 6.07) is 6.40. The molecule has 0 radical (unpaired) electrons. The molecule has 1 rings (SSSR count). The topological polar surface area (TPSA) is 21.3 Å². The van der Waals surface area contributed by atoms with Gasteiger partial charge in [0.1, 0.15) is 11.9 Å². The van der Waals surface area contributed by atoms with Gasteiger partial charge < -0.3 is 10.1 Å². The van der Waals surface area contributed by atoms with Gasteiger partial charge in [-0.2, -0.15) is 0 Å². The van der Waals surface area contributed by atoms with Gasteiger partial charge in [0, 0.05) is 6.54 Å². The van der Waals surface area contributed by atoms with Gasteiger partial charge >= 0.3 is 0 Å². The van der Waals surface area contributed by atoms with Crippen molar-refractivity contribution in [3.05, 3.63) is 29.3 Å². The summed E-state index contributed by atoms with van der Waals surface area (Å²) in [6.45, 7) is 12.8. The predicted octanol–water partition coefficient (Wildman–Crippen LogP) is 3.71. The van der Waals surface area contributed by atoms with E-state index in [-0.39, 0.29) is 6.10 Å². The highest BCUT2D eigenvalue weighted by Gasteiger charge is 2.14. The molecule has 0 aliphatic carbocycles. The van der Waals surface area contributed by atoms with Gasteiger partial charge in [0.05, 0.1) is 0 Å². The van der Waals surface area contributed by atoms with Crippen molar-refractivity contribution in [1.29, 1.82) is 0 Å². The van der Waals surface area contributed by atoms with Gasteiger partial charge in [0.15, 0.2) is 0 Å². The van der Waals surface area contributed by atoms with Crippen molar-refractivity contribution in [1.82, 2.24) is 5.32 Å². The van der Waals surface area contributed by atoms with E-state index >= 15 is 0 Å². The van der Waals surface area contributed by atoms with E-state index < -0.39 is 0 Å². The lowest BCUT2D eigenvalue weighted by atomic mass is 10.1. The zero-order valence-electron chi connectivity index (χ0n) is 12.4. The van der Waals surface area contributed by atoms with Crippen molar-refractivity contribution < 1.29 is 4.74 Å². The number of aryl methyl sites for hydroxylation is 2. The van der Waals surface area contributed by atoms with Crippen LogP contribution in [0.2, 0.25) is 0 Å². The van der Waals surface area contributed by atoms with Crippen LogP contribution in [0.15, 0.2) is 18.2 Å². The second kappa shape index (κ2) is 7.42. The SMILES string of the molecule is CCCNCC(Oc1cc(C)cc(C)c1)C(C)C. The maximum Gasteiger partial charge on any atom is 0.120 e. The first-order valence-corrected chi connectivity index (χ1v) is 6.98. The van der Waals surface area contributed by atoms with Gasteiger partial charge in [0.25, 0.3) is 0 Å². The minimum absolute atomic E-state index is 0.234. The Labute approximate surface area is 112 Å². The summed E-state index contributed by atoms with van der Waals surface area (Å²) in [5, 5.41) is 3.44. The third kappa shape index (κ3) is 5.09. The molecule has 1 N–H and O–H groups in total. The van der Waals surface area contributed by atoms with Crippen LogP contribution < -0.4 is 10.1 Å². The normalized spacial score (nSPS) is 12.8. The molecule has 18 heavy (non-hydrogen) atoms. The lowest BCUT2D eigenvalue weighted by Crippen LogP contribution is -2.35. The molecule has 0 amide bonds. The molecule has 2 heteroatoms. The Morgan fingerprint density at radius 2 is 1.72 bits per heavy atom. The zero-order chi connectivity index (χ0) is 13.5. The summed E-state index contributed by atoms with van der Waals surface area (Å²) in [5.41, 5.74) is 2.52. The minimum atomic E-state index is 0.234. The van der Waals surface area contributed by atoms with Gasteiger partial charge in [-0.05, 0) is 56.0 Å². The smallest absolute Gasteiger partial charge is 0.120 e. The fourth-order valence-electron chi connectivity index (χ4n) is 2.01. The fraction of sp³-hybridized carbons (Fsp3) is 0.625. The van der Waals surface area contributed by atoms with E-state index in [9.17, 15) is 0 Å². The van der Waals surface area contributed by atoms with Gasteiger partial charge in [-0.15, -0.1) is 0 Å². The third-order valence-electron chi connectivity index (χ3n) is 3.00. The Kier molecular flexibility index (Phi) is 6.20. The summed E-state index contributed by atoms with van der Waals surface area (Å²) >= 11 is 0. The molecule has 0 aliphatic rings. The largest absolute Gasteiger partial charge is 0.489 e. The van der Waals surface area contributed by atoms with Gasteiger partial charge in [-0.1, -0.05) is 26.8 Å². The van der Waals surface area contributed by atoms with E-state index in [0.717, 1.165) is 25.3 Å². The molecule has 0 heterocycles. The minimum Gasteiger partial charge on any atom is -0.489 e. The molecular formula is C16H27NO. The van der Waals surface area contributed by atoms with Crippen LogP contribution in [0.1, 0.15) is 38.3 Å². The molecule has 0 spiro atoms. The number of benzene rings is 1. The van der Waals surface area contributed by atoms with E-state index in [1.54, 1.807) is 0 Å². The second-order valence-corrected chi connectivity index (χ2v) is 5.43. The van der Waals surface area contributed by atoms with E-state index in [2.05, 4.69) is 58.1 Å². The molecule has 0 saturated heterocycles. The first-order chi connectivity index (χ1) is 8.52. The monoisotopic (exact) mass is 249 g/mol. The summed E-state index contributed by atoms with van der Waals surface area (Å²) in [5.74, 6) is 1.50. The van der Waals surface area contributed by atoms with Crippen molar-refractivity contribution in [2.75, 3.05) is 13.1 Å². The number of hydrogen-bond acceptors (Lipinski definition) is 2. The summed E-state index contributed by atoms with van der Waals surface area (Å²) in [7, 11) is 0. The van der Waals surface area contributed by atoms with Crippen molar-refractivity contribution in [3.8, 4) is 5.75 Å². The van der Waals surface area contributed by atoms with Gasteiger partial charge in [-0.3, -0.25) is 0 Å². The van der Waals surface area contributed by atoms with Crippen LogP contribution >= 0.6 is 0 Å². The highest BCUT2D eigenvalue weighted by molar-refractivity contribution is 5.33. The molecule has 2 nitrogen and oxygen atoms in total. The molecule has 102 valence electrons. The molecule has 1 unspecified atom stereocenters. The Balaban J connectivity index is 2.64. The molecule has 0 aromatic heterocycles. The highest BCUT2D eigenvalue weighted by atomic mass is 16.5. The van der Waals surface area contributed by atoms with E-state index in [4.69, 9.17) is 4.74 Å². The first-order valence-electron chi connectivity index (χ1n) is 6.98. The van der Waals surface area contributed by atoms with E-state index in [1.807, 2.05) is 0 Å². The van der Waals surface area contributed by atoms with E-state index in [1.165, 1.54) is 11.1 Å². The van der Waals surface area contributed by atoms with Crippen molar-refractivity contribution >= 4 is 0 Å². The number of nitrogens with one attached hydrogen (secondary N) is 1. The molecule has 1 aromatic rings. The molecule has 1 atom stereocenters. The van der Waals surface area contributed by atoms with Crippen molar-refractivity contribution in [2.24, 2.45) is 5.92 Å². The van der Waals surface area contributed by atoms with Gasteiger partial charge in [0.2, 0.25) is 0 Å². The Hall–Kier alpha value is -1.02.